The van der Waals surface area contributed by atoms with Crippen LogP contribution in [0.5, 0.6) is 0 Å². The van der Waals surface area contributed by atoms with Gasteiger partial charge < -0.3 is 10.2 Å². The molecule has 1 unspecified atom stereocenters. The van der Waals surface area contributed by atoms with Crippen LogP contribution in [0.2, 0.25) is 0 Å². The average Bonchev–Trinajstić information content (AvgIpc) is 3.08. The maximum absolute atomic E-state index is 13.0. The number of benzene rings is 2. The minimum atomic E-state index is -4.56. The van der Waals surface area contributed by atoms with Gasteiger partial charge in [-0.15, -0.1) is 0 Å². The minimum Gasteiger partial charge on any atom is -0.385 e. The molecule has 1 N–H and O–H groups in total. The van der Waals surface area contributed by atoms with Crippen LogP contribution in [-0.2, 0) is 6.18 Å². The number of rotatable bonds is 4. The molecule has 2 aromatic rings. The van der Waals surface area contributed by atoms with E-state index in [0.29, 0.717) is 12.2 Å². The summed E-state index contributed by atoms with van der Waals surface area (Å²) in [4.78, 5) is 2.13. The molecule has 1 saturated heterocycles. The molecular weight excluding hydrogens is 346 g/mol. The summed E-state index contributed by atoms with van der Waals surface area (Å²) in [6.07, 6.45) is -3.66. The second kappa shape index (κ2) is 7.24. The highest BCUT2D eigenvalue weighted by molar-refractivity contribution is 5.53. The van der Waals surface area contributed by atoms with Crippen molar-refractivity contribution in [3.8, 4) is 6.07 Å². The Morgan fingerprint density at radius 3 is 2.54 bits per heavy atom. The molecular formula is C19H17F4N3. The van der Waals surface area contributed by atoms with Crippen LogP contribution < -0.4 is 10.2 Å². The summed E-state index contributed by atoms with van der Waals surface area (Å²) in [6, 6.07) is 11.5. The van der Waals surface area contributed by atoms with Gasteiger partial charge in [0.25, 0.3) is 0 Å². The van der Waals surface area contributed by atoms with Gasteiger partial charge in [-0.1, -0.05) is 0 Å². The molecule has 0 radical (unpaired) electrons. The molecule has 2 aromatic carbocycles. The predicted octanol–water partition coefficient (Wildman–Crippen LogP) is 4.65. The molecule has 0 aliphatic carbocycles. The standard InChI is InChI=1S/C19H17F4N3/c20-15-2-5-17(6-3-15)26-8-7-13(12-26)11-25-16-4-1-14(10-24)18(9-16)19(21,22)23/h1-6,9,13,25H,7-8,11-12H2. The van der Waals surface area contributed by atoms with Gasteiger partial charge in [0.1, 0.15) is 5.82 Å². The summed E-state index contributed by atoms with van der Waals surface area (Å²) < 4.78 is 52.0. The Kier molecular flexibility index (Phi) is 5.03. The Labute approximate surface area is 148 Å². The van der Waals surface area contributed by atoms with Crippen molar-refractivity contribution in [2.24, 2.45) is 5.92 Å². The minimum absolute atomic E-state index is 0.269. The second-order valence-corrected chi connectivity index (χ2v) is 6.33. The van der Waals surface area contributed by atoms with Crippen LogP contribution in [0.1, 0.15) is 17.5 Å². The van der Waals surface area contributed by atoms with Gasteiger partial charge in [0.05, 0.1) is 17.2 Å². The van der Waals surface area contributed by atoms with Crippen molar-refractivity contribution in [1.82, 2.24) is 0 Å². The maximum Gasteiger partial charge on any atom is 0.417 e. The highest BCUT2D eigenvalue weighted by atomic mass is 19.4. The van der Waals surface area contributed by atoms with Crippen molar-refractivity contribution in [1.29, 1.82) is 5.26 Å². The third kappa shape index (κ3) is 4.07. The Balaban J connectivity index is 1.62. The first-order valence-electron chi connectivity index (χ1n) is 8.22. The van der Waals surface area contributed by atoms with E-state index in [-0.39, 0.29) is 17.3 Å². The largest absolute Gasteiger partial charge is 0.417 e. The number of anilines is 2. The molecule has 3 nitrogen and oxygen atoms in total. The van der Waals surface area contributed by atoms with E-state index in [9.17, 15) is 17.6 Å². The van der Waals surface area contributed by atoms with E-state index in [2.05, 4.69) is 10.2 Å². The molecule has 3 rings (SSSR count). The molecule has 1 aliphatic heterocycles. The normalized spacial score (nSPS) is 17.2. The lowest BCUT2D eigenvalue weighted by Crippen LogP contribution is -2.22. The van der Waals surface area contributed by atoms with Crippen molar-refractivity contribution >= 4 is 11.4 Å². The molecule has 0 aromatic heterocycles. The maximum atomic E-state index is 13.0. The SMILES string of the molecule is N#Cc1ccc(NCC2CCN(c3ccc(F)cc3)C2)cc1C(F)(F)F. The van der Waals surface area contributed by atoms with Crippen LogP contribution in [0.3, 0.4) is 0 Å². The lowest BCUT2D eigenvalue weighted by atomic mass is 10.1. The van der Waals surface area contributed by atoms with Gasteiger partial charge in [0.15, 0.2) is 0 Å². The summed E-state index contributed by atoms with van der Waals surface area (Å²) in [5.74, 6) is -0.0162. The zero-order valence-corrected chi connectivity index (χ0v) is 13.9. The number of hydrogen-bond acceptors (Lipinski definition) is 3. The summed E-state index contributed by atoms with van der Waals surface area (Å²) in [6.45, 7) is 2.10. The zero-order chi connectivity index (χ0) is 18.7. The number of halogens is 4. The van der Waals surface area contributed by atoms with Gasteiger partial charge in [-0.05, 0) is 54.8 Å². The van der Waals surface area contributed by atoms with Crippen LogP contribution in [0.15, 0.2) is 42.5 Å². The van der Waals surface area contributed by atoms with Crippen LogP contribution >= 0.6 is 0 Å². The van der Waals surface area contributed by atoms with E-state index >= 15 is 0 Å². The number of nitrogens with zero attached hydrogens (tertiary/aromatic N) is 2. The van der Waals surface area contributed by atoms with E-state index in [1.54, 1.807) is 18.2 Å². The zero-order valence-electron chi connectivity index (χ0n) is 13.9. The molecule has 1 fully saturated rings. The molecule has 0 bridgehead atoms. The van der Waals surface area contributed by atoms with Crippen LogP contribution in [0.25, 0.3) is 0 Å². The van der Waals surface area contributed by atoms with E-state index in [4.69, 9.17) is 5.26 Å². The van der Waals surface area contributed by atoms with Crippen molar-refractivity contribution in [3.63, 3.8) is 0 Å². The molecule has 1 aliphatic rings. The van der Waals surface area contributed by atoms with Gasteiger partial charge in [0, 0.05) is 31.0 Å². The van der Waals surface area contributed by atoms with Crippen molar-refractivity contribution in [2.45, 2.75) is 12.6 Å². The highest BCUT2D eigenvalue weighted by Gasteiger charge is 2.34. The Morgan fingerprint density at radius 1 is 1.15 bits per heavy atom. The number of nitriles is 1. The molecule has 7 heteroatoms. The summed E-state index contributed by atoms with van der Waals surface area (Å²) in [5.41, 5.74) is -0.0288. The molecule has 26 heavy (non-hydrogen) atoms. The fourth-order valence-corrected chi connectivity index (χ4v) is 3.13. The highest BCUT2D eigenvalue weighted by Crippen LogP contribution is 2.33. The molecule has 136 valence electrons. The molecule has 1 heterocycles. The van der Waals surface area contributed by atoms with Gasteiger partial charge in [-0.3, -0.25) is 0 Å². The fraction of sp³-hybridized carbons (Fsp3) is 0.316. The monoisotopic (exact) mass is 363 g/mol. The summed E-state index contributed by atoms with van der Waals surface area (Å²) in [7, 11) is 0. The summed E-state index contributed by atoms with van der Waals surface area (Å²) >= 11 is 0. The lowest BCUT2D eigenvalue weighted by molar-refractivity contribution is -0.137. The van der Waals surface area contributed by atoms with E-state index < -0.39 is 11.7 Å². The quantitative estimate of drug-likeness (QED) is 0.804. The van der Waals surface area contributed by atoms with Gasteiger partial charge in [-0.25, -0.2) is 4.39 Å². The molecule has 0 amide bonds. The van der Waals surface area contributed by atoms with Crippen LogP contribution in [0.4, 0.5) is 28.9 Å². The topological polar surface area (TPSA) is 39.1 Å². The second-order valence-electron chi connectivity index (χ2n) is 6.33. The third-order valence-corrected chi connectivity index (χ3v) is 4.52. The summed E-state index contributed by atoms with van der Waals surface area (Å²) in [5, 5.41) is 11.9. The fourth-order valence-electron chi connectivity index (χ4n) is 3.13. The Hall–Kier alpha value is -2.75. The van der Waals surface area contributed by atoms with Gasteiger partial charge in [-0.2, -0.15) is 18.4 Å². The van der Waals surface area contributed by atoms with Crippen molar-refractivity contribution in [3.05, 3.63) is 59.4 Å². The number of alkyl halides is 3. The predicted molar refractivity (Wildman–Crippen MR) is 91.4 cm³/mol. The smallest absolute Gasteiger partial charge is 0.385 e. The number of nitrogens with one attached hydrogen (secondary N) is 1. The third-order valence-electron chi connectivity index (χ3n) is 4.52. The van der Waals surface area contributed by atoms with E-state index in [1.807, 2.05) is 0 Å². The first-order chi connectivity index (χ1) is 12.4. The van der Waals surface area contributed by atoms with Crippen LogP contribution in [-0.4, -0.2) is 19.6 Å². The first kappa shape index (κ1) is 18.1. The van der Waals surface area contributed by atoms with Crippen molar-refractivity contribution < 1.29 is 17.6 Å². The molecule has 0 spiro atoms. The van der Waals surface area contributed by atoms with Crippen molar-refractivity contribution in [2.75, 3.05) is 29.9 Å². The molecule has 1 atom stereocenters. The van der Waals surface area contributed by atoms with E-state index in [0.717, 1.165) is 31.3 Å². The Morgan fingerprint density at radius 2 is 1.88 bits per heavy atom. The number of hydrogen-bond donors (Lipinski definition) is 1. The Bertz CT molecular complexity index is 809. The van der Waals surface area contributed by atoms with Crippen LogP contribution in [0, 0.1) is 23.1 Å². The van der Waals surface area contributed by atoms with Gasteiger partial charge in [0.2, 0.25) is 0 Å². The first-order valence-corrected chi connectivity index (χ1v) is 8.22. The molecule has 0 saturated carbocycles. The van der Waals surface area contributed by atoms with E-state index in [1.165, 1.54) is 24.3 Å². The van der Waals surface area contributed by atoms with Gasteiger partial charge >= 0.3 is 6.18 Å². The average molecular weight is 363 g/mol. The lowest BCUT2D eigenvalue weighted by Gasteiger charge is -2.19.